The van der Waals surface area contributed by atoms with Crippen molar-refractivity contribution in [3.05, 3.63) is 0 Å². The van der Waals surface area contributed by atoms with Crippen LogP contribution in [-0.2, 0) is 27.9 Å². The van der Waals surface area contributed by atoms with Crippen LogP contribution in [0.3, 0.4) is 0 Å². The molecule has 3 N–H and O–H groups in total. The first-order valence-electron chi connectivity index (χ1n) is 23.5. The largest absolute Gasteiger partial charge is 0.472 e. The summed E-state index contributed by atoms with van der Waals surface area (Å²) in [5, 5.41) is 18.4. The second-order valence-corrected chi connectivity index (χ2v) is 17.6. The number of aliphatic hydroxyl groups excluding tert-OH is 2. The molecule has 0 aromatic carbocycles. The van der Waals surface area contributed by atoms with Gasteiger partial charge in [0.1, 0.15) is 12.2 Å². The first kappa shape index (κ1) is 54.5. The summed E-state index contributed by atoms with van der Waals surface area (Å²) >= 11 is 0. The van der Waals surface area contributed by atoms with E-state index in [-0.39, 0.29) is 25.6 Å². The number of aliphatic hydroxyl groups is 2. The van der Waals surface area contributed by atoms with E-state index < -0.39 is 33.2 Å². The van der Waals surface area contributed by atoms with Crippen molar-refractivity contribution in [1.29, 1.82) is 0 Å². The maximum Gasteiger partial charge on any atom is 0.472 e. The maximum atomic E-state index is 12.6. The molecule has 0 aliphatic carbocycles. The fourth-order valence-electron chi connectivity index (χ4n) is 6.95. The number of phosphoric acid groups is 1. The van der Waals surface area contributed by atoms with Crippen molar-refractivity contribution >= 4 is 13.8 Å². The zero-order chi connectivity index (χ0) is 40.3. The van der Waals surface area contributed by atoms with Gasteiger partial charge in [-0.2, -0.15) is 0 Å². The number of carbonyl (C=O) groups excluding carboxylic acids is 1. The Balaban J connectivity index is 4.06. The highest BCUT2D eigenvalue weighted by Crippen LogP contribution is 2.43. The third kappa shape index (κ3) is 42.9. The van der Waals surface area contributed by atoms with Gasteiger partial charge in [0.2, 0.25) is 0 Å². The van der Waals surface area contributed by atoms with E-state index in [0.717, 1.165) is 32.1 Å². The highest BCUT2D eigenvalue weighted by atomic mass is 31.2. The molecular formula is C45H91O9P. The lowest BCUT2D eigenvalue weighted by molar-refractivity contribution is -0.154. The number of unbranched alkanes of at least 4 members (excludes halogenated alkanes) is 32. The predicted molar refractivity (Wildman–Crippen MR) is 228 cm³/mol. The fraction of sp³-hybridized carbons (Fsp3) is 0.978. The molecule has 0 bridgehead atoms. The number of carbonyl (C=O) groups is 1. The van der Waals surface area contributed by atoms with Gasteiger partial charge in [0.05, 0.1) is 26.4 Å². The van der Waals surface area contributed by atoms with Crippen molar-refractivity contribution in [2.24, 2.45) is 0 Å². The Bertz CT molecular complexity index is 830. The zero-order valence-corrected chi connectivity index (χ0v) is 37.1. The van der Waals surface area contributed by atoms with E-state index in [1.165, 1.54) is 186 Å². The van der Waals surface area contributed by atoms with Crippen LogP contribution in [0.4, 0.5) is 0 Å². The van der Waals surface area contributed by atoms with Crippen molar-refractivity contribution in [3.63, 3.8) is 0 Å². The third-order valence-electron chi connectivity index (χ3n) is 10.5. The topological polar surface area (TPSA) is 132 Å². The Labute approximate surface area is 339 Å². The van der Waals surface area contributed by atoms with Crippen LogP contribution in [0.1, 0.15) is 239 Å². The van der Waals surface area contributed by atoms with Crippen molar-refractivity contribution in [2.45, 2.75) is 251 Å². The summed E-state index contributed by atoms with van der Waals surface area (Å²) in [6.07, 6.45) is 42.0. The number of hydrogen-bond acceptors (Lipinski definition) is 8. The molecule has 0 aromatic rings. The van der Waals surface area contributed by atoms with E-state index in [9.17, 15) is 19.4 Å². The summed E-state index contributed by atoms with van der Waals surface area (Å²) < 4.78 is 33.4. The van der Waals surface area contributed by atoms with E-state index >= 15 is 0 Å². The van der Waals surface area contributed by atoms with E-state index in [2.05, 4.69) is 13.8 Å². The average molecular weight is 807 g/mol. The van der Waals surface area contributed by atoms with Crippen LogP contribution >= 0.6 is 7.82 Å². The number of ether oxygens (including phenoxy) is 2. The molecule has 0 radical (unpaired) electrons. The van der Waals surface area contributed by atoms with Gasteiger partial charge in [-0.3, -0.25) is 13.8 Å². The van der Waals surface area contributed by atoms with E-state index in [4.69, 9.17) is 23.6 Å². The highest BCUT2D eigenvalue weighted by Gasteiger charge is 2.26. The third-order valence-corrected chi connectivity index (χ3v) is 11.5. The lowest BCUT2D eigenvalue weighted by Crippen LogP contribution is -2.29. The van der Waals surface area contributed by atoms with Crippen molar-refractivity contribution in [3.8, 4) is 0 Å². The van der Waals surface area contributed by atoms with Crippen molar-refractivity contribution in [2.75, 3.05) is 33.0 Å². The molecule has 3 unspecified atom stereocenters. The quantitative estimate of drug-likeness (QED) is 0.0312. The van der Waals surface area contributed by atoms with Gasteiger partial charge in [0.15, 0.2) is 0 Å². The molecule has 0 aliphatic heterocycles. The summed E-state index contributed by atoms with van der Waals surface area (Å²) in [4.78, 5) is 22.6. The van der Waals surface area contributed by atoms with E-state index in [1.807, 2.05) is 0 Å². The summed E-state index contributed by atoms with van der Waals surface area (Å²) in [7, 11) is -4.51. The minimum atomic E-state index is -4.51. The molecule has 0 heterocycles. The molecule has 3 atom stereocenters. The van der Waals surface area contributed by atoms with Gasteiger partial charge in [-0.05, 0) is 12.8 Å². The molecule has 10 heteroatoms. The number of phosphoric ester groups is 1. The summed E-state index contributed by atoms with van der Waals surface area (Å²) in [6.45, 7) is 3.59. The Morgan fingerprint density at radius 3 is 1.18 bits per heavy atom. The van der Waals surface area contributed by atoms with Crippen LogP contribution in [0.15, 0.2) is 0 Å². The van der Waals surface area contributed by atoms with Crippen LogP contribution in [0.2, 0.25) is 0 Å². The molecule has 9 nitrogen and oxygen atoms in total. The Morgan fingerprint density at radius 2 is 0.818 bits per heavy atom. The zero-order valence-electron chi connectivity index (χ0n) is 36.2. The molecule has 330 valence electrons. The molecule has 55 heavy (non-hydrogen) atoms. The minimum absolute atomic E-state index is 0.0583. The summed E-state index contributed by atoms with van der Waals surface area (Å²) in [5.74, 6) is -0.374. The lowest BCUT2D eigenvalue weighted by Gasteiger charge is -2.20. The van der Waals surface area contributed by atoms with Crippen LogP contribution in [0, 0.1) is 0 Å². The monoisotopic (exact) mass is 807 g/mol. The maximum absolute atomic E-state index is 12.6. The molecule has 0 saturated heterocycles. The smallest absolute Gasteiger partial charge is 0.457 e. The fourth-order valence-corrected chi connectivity index (χ4v) is 7.74. The predicted octanol–water partition coefficient (Wildman–Crippen LogP) is 13.1. The van der Waals surface area contributed by atoms with Crippen LogP contribution in [0.5, 0.6) is 0 Å². The van der Waals surface area contributed by atoms with Crippen LogP contribution in [-0.4, -0.2) is 66.3 Å². The van der Waals surface area contributed by atoms with Crippen LogP contribution in [0.25, 0.3) is 0 Å². The number of hydrogen-bond donors (Lipinski definition) is 3. The minimum Gasteiger partial charge on any atom is -0.457 e. The lowest BCUT2D eigenvalue weighted by atomic mass is 10.0. The highest BCUT2D eigenvalue weighted by molar-refractivity contribution is 7.47. The standard InChI is InChI=1S/C45H91O9P/c1-3-5-7-9-11-13-15-17-19-20-21-22-23-25-27-29-31-33-35-37-45(48)54-44(42-53-55(49,50)52-40-43(47)39-46)41-51-38-36-34-32-30-28-26-24-18-16-14-12-10-8-6-4-2/h43-44,46-47H,3-42H2,1-2H3,(H,49,50). The molecule has 0 aromatic heterocycles. The Kier molecular flexibility index (Phi) is 42.6. The van der Waals surface area contributed by atoms with Crippen molar-refractivity contribution in [1.82, 2.24) is 0 Å². The summed E-state index contributed by atoms with van der Waals surface area (Å²) in [6, 6.07) is 0. The Hall–Kier alpha value is -0.540. The summed E-state index contributed by atoms with van der Waals surface area (Å²) in [5.41, 5.74) is 0. The van der Waals surface area contributed by atoms with E-state index in [0.29, 0.717) is 6.61 Å². The first-order chi connectivity index (χ1) is 26.8. The average Bonchev–Trinajstić information content (AvgIpc) is 3.18. The molecule has 0 spiro atoms. The van der Waals surface area contributed by atoms with Crippen LogP contribution < -0.4 is 0 Å². The molecular weight excluding hydrogens is 715 g/mol. The van der Waals surface area contributed by atoms with Gasteiger partial charge < -0.3 is 24.6 Å². The van der Waals surface area contributed by atoms with Gasteiger partial charge in [-0.1, -0.05) is 219 Å². The number of esters is 1. The first-order valence-corrected chi connectivity index (χ1v) is 25.0. The van der Waals surface area contributed by atoms with Gasteiger partial charge in [-0.15, -0.1) is 0 Å². The second kappa shape index (κ2) is 43.0. The molecule has 0 aliphatic rings. The van der Waals surface area contributed by atoms with Gasteiger partial charge in [0, 0.05) is 13.0 Å². The normalized spacial score (nSPS) is 13.9. The van der Waals surface area contributed by atoms with Crippen molar-refractivity contribution < 1.29 is 43.0 Å². The molecule has 0 rings (SSSR count). The molecule has 0 amide bonds. The van der Waals surface area contributed by atoms with Gasteiger partial charge in [-0.25, -0.2) is 4.57 Å². The van der Waals surface area contributed by atoms with Gasteiger partial charge >= 0.3 is 13.8 Å². The van der Waals surface area contributed by atoms with Gasteiger partial charge in [0.25, 0.3) is 0 Å². The van der Waals surface area contributed by atoms with E-state index in [1.54, 1.807) is 0 Å². The molecule has 0 fully saturated rings. The Morgan fingerprint density at radius 1 is 0.491 bits per heavy atom. The SMILES string of the molecule is CCCCCCCCCCCCCCCCCCCCCC(=O)OC(COCCCCCCCCCCCCCCCCC)COP(=O)(O)OCC(O)CO. The second-order valence-electron chi connectivity index (χ2n) is 16.1. The molecule has 0 saturated carbocycles. The number of rotatable bonds is 46.